The zero-order valence-corrected chi connectivity index (χ0v) is 15.1. The van der Waals surface area contributed by atoms with Gasteiger partial charge in [0.15, 0.2) is 0 Å². The number of nitrogens with zero attached hydrogens (tertiary/aromatic N) is 2. The van der Waals surface area contributed by atoms with Crippen LogP contribution in [0.2, 0.25) is 0 Å². The average molecular weight is 354 g/mol. The molecule has 0 aliphatic carbocycles. The molecule has 1 saturated heterocycles. The van der Waals surface area contributed by atoms with Crippen molar-refractivity contribution in [2.24, 2.45) is 0 Å². The lowest BCUT2D eigenvalue weighted by molar-refractivity contribution is -0.124. The Morgan fingerprint density at radius 3 is 2.27 bits per heavy atom. The van der Waals surface area contributed by atoms with E-state index in [1.165, 1.54) is 7.11 Å². The van der Waals surface area contributed by atoms with E-state index in [4.69, 9.17) is 9.47 Å². The van der Waals surface area contributed by atoms with Crippen LogP contribution in [0.3, 0.4) is 0 Å². The first-order valence-electron chi connectivity index (χ1n) is 8.47. The van der Waals surface area contributed by atoms with Gasteiger partial charge in [-0.15, -0.1) is 0 Å². The molecule has 1 heterocycles. The molecule has 2 aromatic rings. The van der Waals surface area contributed by atoms with Gasteiger partial charge in [-0.25, -0.2) is 0 Å². The molecule has 0 N–H and O–H groups in total. The highest BCUT2D eigenvalue weighted by molar-refractivity contribution is 6.04. The summed E-state index contributed by atoms with van der Waals surface area (Å²) in [4.78, 5) is 29.2. The van der Waals surface area contributed by atoms with Crippen LogP contribution in [0.4, 0.5) is 5.69 Å². The number of hydrogen-bond donors (Lipinski definition) is 0. The molecule has 0 saturated carbocycles. The summed E-state index contributed by atoms with van der Waals surface area (Å²) < 4.78 is 10.6. The molecule has 26 heavy (non-hydrogen) atoms. The molecule has 1 atom stereocenters. The van der Waals surface area contributed by atoms with Crippen molar-refractivity contribution < 1.29 is 19.1 Å². The van der Waals surface area contributed by atoms with Crippen molar-refractivity contribution in [1.82, 2.24) is 4.90 Å². The molecular weight excluding hydrogens is 332 g/mol. The maximum absolute atomic E-state index is 13.0. The Labute approximate surface area is 152 Å². The Kier molecular flexibility index (Phi) is 5.11. The minimum atomic E-state index is -0.578. The first-order chi connectivity index (χ1) is 12.6. The Balaban J connectivity index is 1.85. The van der Waals surface area contributed by atoms with E-state index in [-0.39, 0.29) is 11.8 Å². The molecule has 2 aromatic carbocycles. The van der Waals surface area contributed by atoms with Crippen molar-refractivity contribution in [2.75, 3.05) is 32.2 Å². The minimum absolute atomic E-state index is 0.135. The van der Waals surface area contributed by atoms with Crippen LogP contribution in [0.1, 0.15) is 17.3 Å². The largest absolute Gasteiger partial charge is 0.496 e. The number of benzene rings is 2. The van der Waals surface area contributed by atoms with E-state index in [0.717, 1.165) is 5.69 Å². The van der Waals surface area contributed by atoms with Gasteiger partial charge in [0.2, 0.25) is 5.91 Å². The monoisotopic (exact) mass is 354 g/mol. The second-order valence-electron chi connectivity index (χ2n) is 6.04. The van der Waals surface area contributed by atoms with Crippen LogP contribution in [0.15, 0.2) is 48.5 Å². The molecule has 1 fully saturated rings. The summed E-state index contributed by atoms with van der Waals surface area (Å²) >= 11 is 0. The summed E-state index contributed by atoms with van der Waals surface area (Å²) in [5.74, 6) is 0.800. The highest BCUT2D eigenvalue weighted by atomic mass is 16.5. The normalized spacial score (nSPS) is 17.2. The molecule has 0 spiro atoms. The maximum Gasteiger partial charge on any atom is 0.258 e. The van der Waals surface area contributed by atoms with Crippen LogP contribution >= 0.6 is 0 Å². The number of hydrogen-bond acceptors (Lipinski definition) is 4. The predicted octanol–water partition coefficient (Wildman–Crippen LogP) is 2.58. The molecule has 136 valence electrons. The summed E-state index contributed by atoms with van der Waals surface area (Å²) in [6.45, 7) is 2.59. The van der Waals surface area contributed by atoms with Crippen molar-refractivity contribution in [3.8, 4) is 11.5 Å². The quantitative estimate of drug-likeness (QED) is 0.847. The molecule has 6 nitrogen and oxygen atoms in total. The van der Waals surface area contributed by atoms with Crippen molar-refractivity contribution in [3.63, 3.8) is 0 Å². The molecule has 0 bridgehead atoms. The van der Waals surface area contributed by atoms with Crippen molar-refractivity contribution in [1.29, 1.82) is 0 Å². The third-order valence-electron chi connectivity index (χ3n) is 4.63. The fraction of sp³-hybridized carbons (Fsp3) is 0.300. The average Bonchev–Trinajstić information content (AvgIpc) is 2.69. The number of carbonyl (C=O) groups is 2. The van der Waals surface area contributed by atoms with Crippen LogP contribution in [0.5, 0.6) is 11.5 Å². The van der Waals surface area contributed by atoms with E-state index in [2.05, 4.69) is 0 Å². The topological polar surface area (TPSA) is 59.1 Å². The lowest BCUT2D eigenvalue weighted by atomic mass is 10.1. The van der Waals surface area contributed by atoms with Gasteiger partial charge in [-0.05, 0) is 31.2 Å². The molecule has 0 unspecified atom stereocenters. The Hall–Kier alpha value is -3.02. The molecule has 3 rings (SSSR count). The summed E-state index contributed by atoms with van der Waals surface area (Å²) in [7, 11) is 3.11. The van der Waals surface area contributed by atoms with Crippen LogP contribution in [0.25, 0.3) is 0 Å². The maximum atomic E-state index is 13.0. The minimum Gasteiger partial charge on any atom is -0.496 e. The number of rotatable bonds is 4. The van der Waals surface area contributed by atoms with E-state index in [9.17, 15) is 9.59 Å². The molecule has 6 heteroatoms. The first-order valence-corrected chi connectivity index (χ1v) is 8.47. The van der Waals surface area contributed by atoms with Crippen LogP contribution < -0.4 is 14.4 Å². The van der Waals surface area contributed by atoms with Gasteiger partial charge in [-0.1, -0.05) is 24.3 Å². The van der Waals surface area contributed by atoms with Gasteiger partial charge in [-0.2, -0.15) is 0 Å². The van der Waals surface area contributed by atoms with Gasteiger partial charge >= 0.3 is 0 Å². The zero-order valence-electron chi connectivity index (χ0n) is 15.1. The molecule has 1 aliphatic heterocycles. The number of para-hydroxylation sites is 3. The summed E-state index contributed by atoms with van der Waals surface area (Å²) in [6, 6.07) is 13.9. The SMILES string of the molecule is COc1ccccc1C(=O)N1CCN(c2ccccc2OC)C(=O)[C@@H]1C. The van der Waals surface area contributed by atoms with E-state index < -0.39 is 6.04 Å². The smallest absolute Gasteiger partial charge is 0.258 e. The third kappa shape index (κ3) is 3.10. The second kappa shape index (κ2) is 7.47. The zero-order chi connectivity index (χ0) is 18.7. The van der Waals surface area contributed by atoms with E-state index in [1.54, 1.807) is 42.0 Å². The standard InChI is InChI=1S/C20H22N2O4/c1-14-19(23)22(16-9-5-7-11-18(16)26-3)13-12-21(14)20(24)15-8-4-6-10-17(15)25-2/h4-11,14H,12-13H2,1-3H3/t14-/m0/s1. The number of amides is 2. The predicted molar refractivity (Wildman–Crippen MR) is 98.8 cm³/mol. The Morgan fingerprint density at radius 2 is 1.58 bits per heavy atom. The van der Waals surface area contributed by atoms with Gasteiger partial charge in [0.05, 0.1) is 25.5 Å². The van der Waals surface area contributed by atoms with Gasteiger partial charge in [0.25, 0.3) is 5.91 Å². The lowest BCUT2D eigenvalue weighted by Crippen LogP contribution is -2.57. The first kappa shape index (κ1) is 17.8. The molecule has 0 aromatic heterocycles. The highest BCUT2D eigenvalue weighted by Gasteiger charge is 2.36. The lowest BCUT2D eigenvalue weighted by Gasteiger charge is -2.39. The molecule has 1 aliphatic rings. The third-order valence-corrected chi connectivity index (χ3v) is 4.63. The van der Waals surface area contributed by atoms with E-state index in [1.807, 2.05) is 30.3 Å². The summed E-state index contributed by atoms with van der Waals surface area (Å²) in [5, 5.41) is 0. The van der Waals surface area contributed by atoms with Gasteiger partial charge in [0, 0.05) is 13.1 Å². The van der Waals surface area contributed by atoms with Gasteiger partial charge in [-0.3, -0.25) is 9.59 Å². The molecule has 0 radical (unpaired) electrons. The number of ether oxygens (including phenoxy) is 2. The van der Waals surface area contributed by atoms with Gasteiger partial charge in [0.1, 0.15) is 17.5 Å². The van der Waals surface area contributed by atoms with E-state index in [0.29, 0.717) is 30.2 Å². The molecular formula is C20H22N2O4. The van der Waals surface area contributed by atoms with E-state index >= 15 is 0 Å². The van der Waals surface area contributed by atoms with Crippen molar-refractivity contribution in [2.45, 2.75) is 13.0 Å². The fourth-order valence-corrected chi connectivity index (χ4v) is 3.22. The number of methoxy groups -OCH3 is 2. The van der Waals surface area contributed by atoms with Crippen LogP contribution in [0, 0.1) is 0 Å². The van der Waals surface area contributed by atoms with Crippen molar-refractivity contribution >= 4 is 17.5 Å². The highest BCUT2D eigenvalue weighted by Crippen LogP contribution is 2.31. The summed E-state index contributed by atoms with van der Waals surface area (Å²) in [5.41, 5.74) is 1.18. The second-order valence-corrected chi connectivity index (χ2v) is 6.04. The Morgan fingerprint density at radius 1 is 0.962 bits per heavy atom. The molecule has 2 amide bonds. The van der Waals surface area contributed by atoms with Gasteiger partial charge < -0.3 is 19.3 Å². The van der Waals surface area contributed by atoms with Crippen molar-refractivity contribution in [3.05, 3.63) is 54.1 Å². The van der Waals surface area contributed by atoms with Crippen LogP contribution in [-0.2, 0) is 4.79 Å². The number of piperazine rings is 1. The number of anilines is 1. The number of carbonyl (C=O) groups excluding carboxylic acids is 2. The van der Waals surface area contributed by atoms with Crippen LogP contribution in [-0.4, -0.2) is 50.1 Å². The summed E-state index contributed by atoms with van der Waals surface area (Å²) in [6.07, 6.45) is 0. The fourth-order valence-electron chi connectivity index (χ4n) is 3.22. The Bertz CT molecular complexity index is 821.